The topological polar surface area (TPSA) is 83.1 Å². The lowest BCUT2D eigenvalue weighted by Crippen LogP contribution is -2.36. The Morgan fingerprint density at radius 2 is 2.04 bits per heavy atom. The van der Waals surface area contributed by atoms with E-state index < -0.39 is 0 Å². The first kappa shape index (κ1) is 17.4. The summed E-state index contributed by atoms with van der Waals surface area (Å²) in [5.41, 5.74) is 2.51. The summed E-state index contributed by atoms with van der Waals surface area (Å²) in [6.07, 6.45) is 4.59. The molecule has 3 N–H and O–H groups in total. The van der Waals surface area contributed by atoms with Crippen molar-refractivity contribution in [1.82, 2.24) is 10.3 Å². The molecule has 7 heteroatoms. The molecule has 1 aromatic carbocycles. The van der Waals surface area contributed by atoms with Gasteiger partial charge in [0.25, 0.3) is 0 Å². The van der Waals surface area contributed by atoms with Crippen molar-refractivity contribution in [3.63, 3.8) is 0 Å². The van der Waals surface area contributed by atoms with Gasteiger partial charge in [-0.3, -0.25) is 10.1 Å². The van der Waals surface area contributed by atoms with E-state index in [9.17, 15) is 9.59 Å². The minimum absolute atomic E-state index is 0.127. The molecule has 1 aliphatic carbocycles. The van der Waals surface area contributed by atoms with Crippen molar-refractivity contribution in [1.29, 1.82) is 0 Å². The molecule has 6 nitrogen and oxygen atoms in total. The third-order valence-corrected chi connectivity index (χ3v) is 4.91. The van der Waals surface area contributed by atoms with Crippen molar-refractivity contribution >= 4 is 34.1 Å². The fraction of sp³-hybridized carbons (Fsp3) is 0.389. The average Bonchev–Trinajstić information content (AvgIpc) is 3.19. The SMILES string of the molecule is Cc1cccc(NC(=O)Cc2csc(NC(=O)NC3CCCC3)n2)c1. The van der Waals surface area contributed by atoms with Crippen LogP contribution in [0.5, 0.6) is 0 Å². The number of thiazole rings is 1. The van der Waals surface area contributed by atoms with Crippen LogP contribution in [0, 0.1) is 6.92 Å². The largest absolute Gasteiger partial charge is 0.335 e. The fourth-order valence-electron chi connectivity index (χ4n) is 2.93. The van der Waals surface area contributed by atoms with Crippen LogP contribution in [0.15, 0.2) is 29.6 Å². The summed E-state index contributed by atoms with van der Waals surface area (Å²) >= 11 is 1.32. The number of benzene rings is 1. The van der Waals surface area contributed by atoms with E-state index in [2.05, 4.69) is 20.9 Å². The molecular weight excluding hydrogens is 336 g/mol. The summed E-state index contributed by atoms with van der Waals surface area (Å²) in [5, 5.41) is 10.9. The third-order valence-electron chi connectivity index (χ3n) is 4.11. The summed E-state index contributed by atoms with van der Waals surface area (Å²) in [5.74, 6) is -0.127. The molecule has 1 saturated carbocycles. The predicted molar refractivity (Wildman–Crippen MR) is 100 cm³/mol. The van der Waals surface area contributed by atoms with Gasteiger partial charge in [-0.05, 0) is 37.5 Å². The first-order valence-corrected chi connectivity index (χ1v) is 9.35. The molecule has 1 aromatic heterocycles. The highest BCUT2D eigenvalue weighted by atomic mass is 32.1. The number of carbonyl (C=O) groups excluding carboxylic acids is 2. The van der Waals surface area contributed by atoms with Crippen LogP contribution in [0.3, 0.4) is 0 Å². The predicted octanol–water partition coefficient (Wildman–Crippen LogP) is 3.70. The Bertz CT molecular complexity index is 753. The molecule has 3 amide bonds. The van der Waals surface area contributed by atoms with Crippen LogP contribution in [0.1, 0.15) is 36.9 Å². The zero-order valence-electron chi connectivity index (χ0n) is 14.2. The summed E-state index contributed by atoms with van der Waals surface area (Å²) < 4.78 is 0. The second-order valence-corrected chi connectivity index (χ2v) is 7.18. The quantitative estimate of drug-likeness (QED) is 0.762. The van der Waals surface area contributed by atoms with E-state index in [4.69, 9.17) is 0 Å². The Hall–Kier alpha value is -2.41. The van der Waals surface area contributed by atoms with Crippen molar-refractivity contribution in [2.45, 2.75) is 45.1 Å². The van der Waals surface area contributed by atoms with E-state index in [1.54, 1.807) is 5.38 Å². The minimum atomic E-state index is -0.225. The normalized spacial score (nSPS) is 14.3. The molecule has 0 aliphatic heterocycles. The van der Waals surface area contributed by atoms with Crippen molar-refractivity contribution in [2.24, 2.45) is 0 Å². The Morgan fingerprint density at radius 3 is 2.80 bits per heavy atom. The Labute approximate surface area is 151 Å². The standard InChI is InChI=1S/C18H22N4O2S/c1-12-5-4-8-14(9-12)19-16(23)10-15-11-25-18(21-15)22-17(24)20-13-6-2-3-7-13/h4-5,8-9,11,13H,2-3,6-7,10H2,1H3,(H,19,23)(H2,20,21,22,24). The van der Waals surface area contributed by atoms with E-state index in [1.807, 2.05) is 31.2 Å². The van der Waals surface area contributed by atoms with Gasteiger partial charge >= 0.3 is 6.03 Å². The number of amides is 3. The van der Waals surface area contributed by atoms with Gasteiger partial charge in [-0.15, -0.1) is 11.3 Å². The van der Waals surface area contributed by atoms with Gasteiger partial charge in [0.05, 0.1) is 12.1 Å². The summed E-state index contributed by atoms with van der Waals surface area (Å²) in [6, 6.07) is 7.69. The van der Waals surface area contributed by atoms with Gasteiger partial charge in [0.15, 0.2) is 5.13 Å². The maximum Gasteiger partial charge on any atom is 0.321 e. The third kappa shape index (κ3) is 5.29. The molecule has 2 aromatic rings. The number of hydrogen-bond donors (Lipinski definition) is 3. The van der Waals surface area contributed by atoms with Crippen molar-refractivity contribution in [2.75, 3.05) is 10.6 Å². The molecular formula is C18H22N4O2S. The van der Waals surface area contributed by atoms with Crippen LogP contribution in [-0.4, -0.2) is 23.0 Å². The highest BCUT2D eigenvalue weighted by Crippen LogP contribution is 2.19. The first-order chi connectivity index (χ1) is 12.1. The monoisotopic (exact) mass is 358 g/mol. The van der Waals surface area contributed by atoms with E-state index in [-0.39, 0.29) is 24.4 Å². The minimum Gasteiger partial charge on any atom is -0.335 e. The molecule has 1 heterocycles. The van der Waals surface area contributed by atoms with E-state index in [1.165, 1.54) is 24.2 Å². The molecule has 25 heavy (non-hydrogen) atoms. The van der Waals surface area contributed by atoms with Gasteiger partial charge in [0.2, 0.25) is 5.91 Å². The molecule has 0 unspecified atom stereocenters. The number of anilines is 2. The van der Waals surface area contributed by atoms with E-state index >= 15 is 0 Å². The molecule has 0 radical (unpaired) electrons. The lowest BCUT2D eigenvalue weighted by molar-refractivity contribution is -0.115. The summed E-state index contributed by atoms with van der Waals surface area (Å²) in [7, 11) is 0. The van der Waals surface area contributed by atoms with Crippen molar-refractivity contribution in [3.05, 3.63) is 40.9 Å². The van der Waals surface area contributed by atoms with Crippen LogP contribution in [0.25, 0.3) is 0 Å². The van der Waals surface area contributed by atoms with E-state index in [0.29, 0.717) is 10.8 Å². The number of aromatic nitrogens is 1. The van der Waals surface area contributed by atoms with Crippen molar-refractivity contribution in [3.8, 4) is 0 Å². The number of nitrogens with zero attached hydrogens (tertiary/aromatic N) is 1. The van der Waals surface area contributed by atoms with Crippen molar-refractivity contribution < 1.29 is 9.59 Å². The van der Waals surface area contributed by atoms with Crippen LogP contribution >= 0.6 is 11.3 Å². The smallest absolute Gasteiger partial charge is 0.321 e. The van der Waals surface area contributed by atoms with Gasteiger partial charge < -0.3 is 10.6 Å². The number of urea groups is 1. The zero-order valence-corrected chi connectivity index (χ0v) is 15.0. The number of aryl methyl sites for hydroxylation is 1. The van der Waals surface area contributed by atoms with Crippen LogP contribution in [0.2, 0.25) is 0 Å². The van der Waals surface area contributed by atoms with Gasteiger partial charge in [-0.2, -0.15) is 0 Å². The molecule has 1 aliphatic rings. The summed E-state index contributed by atoms with van der Waals surface area (Å²) in [4.78, 5) is 28.4. The van der Waals surface area contributed by atoms with Crippen LogP contribution in [0.4, 0.5) is 15.6 Å². The molecule has 0 atom stereocenters. The lowest BCUT2D eigenvalue weighted by Gasteiger charge is -2.11. The second kappa shape index (κ2) is 8.11. The molecule has 1 fully saturated rings. The van der Waals surface area contributed by atoms with Gasteiger partial charge in [0.1, 0.15) is 0 Å². The Balaban J connectivity index is 1.49. The van der Waals surface area contributed by atoms with Crippen LogP contribution < -0.4 is 16.0 Å². The number of hydrogen-bond acceptors (Lipinski definition) is 4. The van der Waals surface area contributed by atoms with E-state index in [0.717, 1.165) is 24.1 Å². The lowest BCUT2D eigenvalue weighted by atomic mass is 10.2. The maximum atomic E-state index is 12.1. The Morgan fingerprint density at radius 1 is 1.24 bits per heavy atom. The zero-order chi connectivity index (χ0) is 17.6. The van der Waals surface area contributed by atoms with Gasteiger partial charge in [-0.25, -0.2) is 9.78 Å². The number of nitrogens with one attached hydrogen (secondary N) is 3. The second-order valence-electron chi connectivity index (χ2n) is 6.32. The molecule has 0 saturated heterocycles. The van der Waals surface area contributed by atoms with Gasteiger partial charge in [0, 0.05) is 17.1 Å². The molecule has 3 rings (SSSR count). The molecule has 132 valence electrons. The highest BCUT2D eigenvalue weighted by molar-refractivity contribution is 7.13. The summed E-state index contributed by atoms with van der Waals surface area (Å²) in [6.45, 7) is 1.98. The fourth-order valence-corrected chi connectivity index (χ4v) is 3.63. The molecule has 0 bridgehead atoms. The number of rotatable bonds is 5. The molecule has 0 spiro atoms. The highest BCUT2D eigenvalue weighted by Gasteiger charge is 2.17. The Kier molecular flexibility index (Phi) is 5.65. The first-order valence-electron chi connectivity index (χ1n) is 8.47. The average molecular weight is 358 g/mol. The van der Waals surface area contributed by atoms with Gasteiger partial charge in [-0.1, -0.05) is 25.0 Å². The van der Waals surface area contributed by atoms with Crippen LogP contribution in [-0.2, 0) is 11.2 Å². The maximum absolute atomic E-state index is 12.1. The number of carbonyl (C=O) groups is 2.